The van der Waals surface area contributed by atoms with Gasteiger partial charge in [0, 0.05) is 12.1 Å². The van der Waals surface area contributed by atoms with Crippen LogP contribution in [0.3, 0.4) is 0 Å². The second kappa shape index (κ2) is 3.34. The van der Waals surface area contributed by atoms with Gasteiger partial charge in [-0.3, -0.25) is 10.1 Å². The fourth-order valence-electron chi connectivity index (χ4n) is 1.46. The average Bonchev–Trinajstić information content (AvgIpc) is 2.04. The first-order chi connectivity index (χ1) is 6.68. The predicted octanol–water partition coefficient (Wildman–Crippen LogP) is 1.77. The lowest BCUT2D eigenvalue weighted by Gasteiger charge is -2.27. The van der Waals surface area contributed by atoms with Crippen molar-refractivity contribution in [2.24, 2.45) is 0 Å². The van der Waals surface area contributed by atoms with E-state index in [2.05, 4.69) is 5.32 Å². The molecule has 0 spiro atoms. The largest absolute Gasteiger partial charge is 0.310 e. The van der Waals surface area contributed by atoms with Gasteiger partial charge >= 0.3 is 5.69 Å². The maximum absolute atomic E-state index is 12.9. The van der Waals surface area contributed by atoms with E-state index in [4.69, 9.17) is 0 Å². The lowest BCUT2D eigenvalue weighted by molar-refractivity contribution is -0.387. The Morgan fingerprint density at radius 1 is 1.57 bits per heavy atom. The molecule has 14 heavy (non-hydrogen) atoms. The van der Waals surface area contributed by atoms with Gasteiger partial charge in [0.15, 0.2) is 0 Å². The summed E-state index contributed by atoms with van der Waals surface area (Å²) in [6.45, 7) is 0.913. The van der Waals surface area contributed by atoms with Gasteiger partial charge in [-0.25, -0.2) is 0 Å². The summed E-state index contributed by atoms with van der Waals surface area (Å²) >= 11 is 0. The van der Waals surface area contributed by atoms with Crippen molar-refractivity contribution >= 4 is 5.69 Å². The Morgan fingerprint density at radius 3 is 2.79 bits per heavy atom. The number of benzene rings is 1. The molecule has 1 aliphatic heterocycles. The molecule has 1 atom stereocenters. The quantitative estimate of drug-likeness (QED) is 0.579. The number of hydrogen-bond acceptors (Lipinski definition) is 3. The first kappa shape index (κ1) is 9.08. The van der Waals surface area contributed by atoms with Crippen LogP contribution in [0.15, 0.2) is 18.2 Å². The third-order valence-electron chi connectivity index (χ3n) is 2.39. The molecule has 1 aromatic carbocycles. The standard InChI is InChI=1S/C9H9FN2O2/c10-7-2-1-6(8-3-4-11-8)5-9(7)12(13)14/h1-2,5,8,11H,3-4H2/t8-/m1/s1. The van der Waals surface area contributed by atoms with Gasteiger partial charge < -0.3 is 5.32 Å². The summed E-state index contributed by atoms with van der Waals surface area (Å²) in [6, 6.07) is 4.17. The first-order valence-electron chi connectivity index (χ1n) is 4.35. The summed E-state index contributed by atoms with van der Waals surface area (Å²) in [5, 5.41) is 13.6. The number of nitro groups is 1. The zero-order valence-electron chi connectivity index (χ0n) is 7.37. The highest BCUT2D eigenvalue weighted by atomic mass is 19.1. The smallest absolute Gasteiger partial charge is 0.305 e. The molecule has 5 heteroatoms. The van der Waals surface area contributed by atoms with Crippen molar-refractivity contribution in [1.29, 1.82) is 0 Å². The van der Waals surface area contributed by atoms with E-state index in [9.17, 15) is 14.5 Å². The highest BCUT2D eigenvalue weighted by Gasteiger charge is 2.22. The monoisotopic (exact) mass is 196 g/mol. The third-order valence-corrected chi connectivity index (χ3v) is 2.39. The molecule has 1 aromatic rings. The van der Waals surface area contributed by atoms with Crippen molar-refractivity contribution in [3.05, 3.63) is 39.7 Å². The topological polar surface area (TPSA) is 55.2 Å². The molecule has 1 N–H and O–H groups in total. The SMILES string of the molecule is O=[N+]([O-])c1cc([C@H]2CCN2)ccc1F. The molecule has 0 aliphatic carbocycles. The van der Waals surface area contributed by atoms with E-state index in [1.54, 1.807) is 6.07 Å². The van der Waals surface area contributed by atoms with Gasteiger partial charge in [-0.15, -0.1) is 0 Å². The van der Waals surface area contributed by atoms with Crippen molar-refractivity contribution < 1.29 is 9.31 Å². The molecule has 4 nitrogen and oxygen atoms in total. The predicted molar refractivity (Wildman–Crippen MR) is 48.4 cm³/mol. The fourth-order valence-corrected chi connectivity index (χ4v) is 1.46. The molecule has 1 saturated heterocycles. The molecule has 74 valence electrons. The number of rotatable bonds is 2. The van der Waals surface area contributed by atoms with Crippen LogP contribution in [0.1, 0.15) is 18.0 Å². The van der Waals surface area contributed by atoms with Crippen LogP contribution in [0, 0.1) is 15.9 Å². The van der Waals surface area contributed by atoms with Crippen molar-refractivity contribution in [2.75, 3.05) is 6.54 Å². The minimum Gasteiger partial charge on any atom is -0.310 e. The highest BCUT2D eigenvalue weighted by Crippen LogP contribution is 2.27. The summed E-state index contributed by atoms with van der Waals surface area (Å²) < 4.78 is 12.9. The Labute approximate surface area is 79.9 Å². The molecular formula is C9H9FN2O2. The minimum absolute atomic E-state index is 0.147. The lowest BCUT2D eigenvalue weighted by atomic mass is 9.97. The van der Waals surface area contributed by atoms with E-state index < -0.39 is 16.4 Å². The Kier molecular flexibility index (Phi) is 2.17. The Hall–Kier alpha value is -1.49. The van der Waals surface area contributed by atoms with Crippen LogP contribution in [0.4, 0.5) is 10.1 Å². The molecule has 0 radical (unpaired) electrons. The molecule has 0 amide bonds. The van der Waals surface area contributed by atoms with Gasteiger partial charge in [-0.05, 0) is 24.6 Å². The Morgan fingerprint density at radius 2 is 2.29 bits per heavy atom. The Bertz CT molecular complexity index is 377. The van der Waals surface area contributed by atoms with E-state index in [-0.39, 0.29) is 6.04 Å². The van der Waals surface area contributed by atoms with Crippen LogP contribution < -0.4 is 5.32 Å². The third kappa shape index (κ3) is 1.46. The maximum Gasteiger partial charge on any atom is 0.305 e. The summed E-state index contributed by atoms with van der Waals surface area (Å²) in [6.07, 6.45) is 0.947. The van der Waals surface area contributed by atoms with E-state index in [0.29, 0.717) is 0 Å². The van der Waals surface area contributed by atoms with Crippen LogP contribution in [0.2, 0.25) is 0 Å². The summed E-state index contributed by atoms with van der Waals surface area (Å²) in [5.74, 6) is -0.780. The Balaban J connectivity index is 2.34. The van der Waals surface area contributed by atoms with Crippen molar-refractivity contribution in [3.63, 3.8) is 0 Å². The molecule has 1 aliphatic rings. The molecular weight excluding hydrogens is 187 g/mol. The van der Waals surface area contributed by atoms with E-state index in [1.807, 2.05) is 0 Å². The van der Waals surface area contributed by atoms with Crippen LogP contribution in [-0.2, 0) is 0 Å². The number of hydrogen-bond donors (Lipinski definition) is 1. The second-order valence-electron chi connectivity index (χ2n) is 3.26. The summed E-state index contributed by atoms with van der Waals surface area (Å²) in [5.41, 5.74) is 0.334. The number of halogens is 1. The van der Waals surface area contributed by atoms with Crippen molar-refractivity contribution in [1.82, 2.24) is 5.32 Å². The first-order valence-corrected chi connectivity index (χ1v) is 4.35. The molecule has 1 fully saturated rings. The van der Waals surface area contributed by atoms with Crippen molar-refractivity contribution in [2.45, 2.75) is 12.5 Å². The molecule has 0 unspecified atom stereocenters. The zero-order valence-corrected chi connectivity index (χ0v) is 7.37. The number of nitrogens with zero attached hydrogens (tertiary/aromatic N) is 1. The molecule has 2 rings (SSSR count). The summed E-state index contributed by atoms with van der Waals surface area (Å²) in [4.78, 5) is 9.75. The molecule has 1 heterocycles. The summed E-state index contributed by atoms with van der Waals surface area (Å²) in [7, 11) is 0. The van der Waals surface area contributed by atoms with Crippen LogP contribution in [0.5, 0.6) is 0 Å². The van der Waals surface area contributed by atoms with Crippen molar-refractivity contribution in [3.8, 4) is 0 Å². The van der Waals surface area contributed by atoms with Gasteiger partial charge in [0.05, 0.1) is 4.92 Å². The van der Waals surface area contributed by atoms with Gasteiger partial charge in [-0.2, -0.15) is 4.39 Å². The van der Waals surface area contributed by atoms with E-state index in [1.165, 1.54) is 6.07 Å². The normalized spacial score (nSPS) is 20.2. The second-order valence-corrected chi connectivity index (χ2v) is 3.26. The average molecular weight is 196 g/mol. The van der Waals surface area contributed by atoms with Gasteiger partial charge in [-0.1, -0.05) is 6.07 Å². The molecule has 0 aromatic heterocycles. The molecule has 0 saturated carbocycles. The zero-order chi connectivity index (χ0) is 10.1. The maximum atomic E-state index is 12.9. The van der Waals surface area contributed by atoms with E-state index in [0.717, 1.165) is 24.6 Å². The van der Waals surface area contributed by atoms with Crippen LogP contribution in [-0.4, -0.2) is 11.5 Å². The number of nitro benzene ring substituents is 1. The van der Waals surface area contributed by atoms with Crippen LogP contribution >= 0.6 is 0 Å². The molecule has 0 bridgehead atoms. The van der Waals surface area contributed by atoms with Gasteiger partial charge in [0.1, 0.15) is 0 Å². The highest BCUT2D eigenvalue weighted by molar-refractivity contribution is 5.38. The van der Waals surface area contributed by atoms with E-state index >= 15 is 0 Å². The lowest BCUT2D eigenvalue weighted by Crippen LogP contribution is -2.34. The van der Waals surface area contributed by atoms with Gasteiger partial charge in [0.25, 0.3) is 0 Å². The minimum atomic E-state index is -0.780. The number of nitrogens with one attached hydrogen (secondary N) is 1. The fraction of sp³-hybridized carbons (Fsp3) is 0.333. The van der Waals surface area contributed by atoms with Crippen LogP contribution in [0.25, 0.3) is 0 Å². The van der Waals surface area contributed by atoms with Gasteiger partial charge in [0.2, 0.25) is 5.82 Å².